The zero-order valence-electron chi connectivity index (χ0n) is 12.9. The zero-order chi connectivity index (χ0) is 16.4. The topological polar surface area (TPSA) is 63.6 Å². The van der Waals surface area contributed by atoms with Crippen LogP contribution in [0.2, 0.25) is 0 Å². The van der Waals surface area contributed by atoms with Crippen LogP contribution >= 0.6 is 23.1 Å². The fourth-order valence-corrected chi connectivity index (χ4v) is 3.85. The first-order valence-corrected chi connectivity index (χ1v) is 8.85. The summed E-state index contributed by atoms with van der Waals surface area (Å²) in [5.74, 6) is -1.54. The Morgan fingerprint density at radius 2 is 1.91 bits per heavy atom. The molecular formula is C16H18O4S2. The molecule has 22 heavy (non-hydrogen) atoms. The number of ether oxygens (including phenoxy) is 1. The summed E-state index contributed by atoms with van der Waals surface area (Å²) in [6.07, 6.45) is 1.97. The van der Waals surface area contributed by atoms with E-state index in [1.54, 1.807) is 32.7 Å². The molecule has 2 aromatic rings. The first kappa shape index (κ1) is 16.8. The summed E-state index contributed by atoms with van der Waals surface area (Å²) in [6, 6.07) is 5.76. The molecule has 2 atom stereocenters. The molecule has 2 rings (SSSR count). The molecular weight excluding hydrogens is 320 g/mol. The molecule has 0 aliphatic heterocycles. The summed E-state index contributed by atoms with van der Waals surface area (Å²) in [5.41, 5.74) is 0. The number of hydrogen-bond donors (Lipinski definition) is 1. The van der Waals surface area contributed by atoms with Gasteiger partial charge in [0.05, 0.1) is 17.9 Å². The Bertz CT molecular complexity index is 679. The van der Waals surface area contributed by atoms with Crippen molar-refractivity contribution < 1.29 is 19.4 Å². The van der Waals surface area contributed by atoms with Crippen LogP contribution in [0.1, 0.15) is 23.5 Å². The van der Waals surface area contributed by atoms with Crippen LogP contribution in [0.4, 0.5) is 0 Å². The predicted octanol–water partition coefficient (Wildman–Crippen LogP) is 4.17. The predicted molar refractivity (Wildman–Crippen MR) is 90.5 cm³/mol. The van der Waals surface area contributed by atoms with Crippen molar-refractivity contribution in [3.05, 3.63) is 23.1 Å². The van der Waals surface area contributed by atoms with E-state index in [1.807, 2.05) is 24.5 Å². The number of aliphatic carboxylic acids is 1. The van der Waals surface area contributed by atoms with E-state index in [-0.39, 0.29) is 5.78 Å². The number of methoxy groups -OCH3 is 1. The van der Waals surface area contributed by atoms with Crippen molar-refractivity contribution >= 4 is 44.9 Å². The molecule has 0 saturated heterocycles. The molecule has 6 heteroatoms. The zero-order valence-corrected chi connectivity index (χ0v) is 14.5. The lowest BCUT2D eigenvalue weighted by atomic mass is 9.91. The summed E-state index contributed by atoms with van der Waals surface area (Å²) < 4.78 is 6.32. The minimum Gasteiger partial charge on any atom is -0.496 e. The van der Waals surface area contributed by atoms with Gasteiger partial charge in [-0.2, -0.15) is 0 Å². The normalized spacial score (nSPS) is 13.8. The molecule has 0 aliphatic carbocycles. The fourth-order valence-electron chi connectivity index (χ4n) is 2.15. The van der Waals surface area contributed by atoms with Crippen molar-refractivity contribution in [2.24, 2.45) is 11.8 Å². The second-order valence-electron chi connectivity index (χ2n) is 5.14. The fraction of sp³-hybridized carbons (Fsp3) is 0.375. The number of carboxylic acid groups (broad SMARTS) is 1. The molecule has 1 aromatic carbocycles. The smallest absolute Gasteiger partial charge is 0.306 e. The monoisotopic (exact) mass is 338 g/mol. The molecule has 1 heterocycles. The highest BCUT2D eigenvalue weighted by Crippen LogP contribution is 2.37. The number of ketones is 1. The third kappa shape index (κ3) is 3.13. The van der Waals surface area contributed by atoms with Crippen LogP contribution in [0.15, 0.2) is 23.1 Å². The molecule has 1 N–H and O–H groups in total. The van der Waals surface area contributed by atoms with Crippen LogP contribution < -0.4 is 4.74 Å². The average Bonchev–Trinajstić information content (AvgIpc) is 2.93. The molecule has 0 radical (unpaired) electrons. The largest absolute Gasteiger partial charge is 0.496 e. The van der Waals surface area contributed by atoms with Gasteiger partial charge >= 0.3 is 5.97 Å². The summed E-state index contributed by atoms with van der Waals surface area (Å²) in [4.78, 5) is 25.1. The van der Waals surface area contributed by atoms with Gasteiger partial charge in [-0.15, -0.1) is 23.1 Å². The Morgan fingerprint density at radius 3 is 2.45 bits per heavy atom. The van der Waals surface area contributed by atoms with Crippen molar-refractivity contribution in [1.82, 2.24) is 0 Å². The second kappa shape index (κ2) is 6.71. The van der Waals surface area contributed by atoms with E-state index in [9.17, 15) is 9.59 Å². The molecule has 0 fully saturated rings. The lowest BCUT2D eigenvalue weighted by Crippen LogP contribution is -2.24. The van der Waals surface area contributed by atoms with E-state index in [0.717, 1.165) is 20.7 Å². The highest BCUT2D eigenvalue weighted by atomic mass is 32.2. The Labute approximate surface area is 137 Å². The number of carboxylic acids is 1. The maximum absolute atomic E-state index is 12.5. The molecule has 0 saturated carbocycles. The molecule has 2 unspecified atom stereocenters. The standard InChI is InChI=1S/C16H18O4S2/c1-8(9(2)16(18)19)15(17)14-6-10-5-13(21-4)11(20-3)7-12(10)22-14/h5-9H,1-4H3,(H,18,19). The molecule has 1 aromatic heterocycles. The third-order valence-corrected chi connectivity index (χ3v) is 5.69. The van der Waals surface area contributed by atoms with Crippen molar-refractivity contribution in [2.45, 2.75) is 18.7 Å². The first-order valence-electron chi connectivity index (χ1n) is 6.81. The molecule has 0 amide bonds. The number of carbonyl (C=O) groups excluding carboxylic acids is 1. The van der Waals surface area contributed by atoms with E-state index in [1.165, 1.54) is 11.3 Å². The second-order valence-corrected chi connectivity index (χ2v) is 7.07. The van der Waals surface area contributed by atoms with Crippen LogP contribution in [0.3, 0.4) is 0 Å². The SMILES string of the molecule is COc1cc2sc(C(=O)C(C)C(C)C(=O)O)cc2cc1SC. The van der Waals surface area contributed by atoms with Crippen LogP contribution in [0.25, 0.3) is 10.1 Å². The van der Waals surface area contributed by atoms with E-state index in [4.69, 9.17) is 9.84 Å². The van der Waals surface area contributed by atoms with Gasteiger partial charge in [0, 0.05) is 15.5 Å². The Kier molecular flexibility index (Phi) is 5.13. The van der Waals surface area contributed by atoms with Gasteiger partial charge in [0.15, 0.2) is 5.78 Å². The third-order valence-electron chi connectivity index (χ3n) is 3.82. The molecule has 118 valence electrons. The quantitative estimate of drug-likeness (QED) is 0.632. The van der Waals surface area contributed by atoms with E-state index < -0.39 is 17.8 Å². The van der Waals surface area contributed by atoms with Gasteiger partial charge in [0.1, 0.15) is 5.75 Å². The number of thiophene rings is 1. The van der Waals surface area contributed by atoms with Crippen molar-refractivity contribution in [2.75, 3.05) is 13.4 Å². The number of Topliss-reactive ketones (excluding diaryl/α,β-unsaturated/α-hetero) is 1. The number of carbonyl (C=O) groups is 2. The number of benzene rings is 1. The van der Waals surface area contributed by atoms with Gasteiger partial charge in [0.2, 0.25) is 0 Å². The maximum Gasteiger partial charge on any atom is 0.306 e. The summed E-state index contributed by atoms with van der Waals surface area (Å²) in [5, 5.41) is 10.0. The van der Waals surface area contributed by atoms with E-state index >= 15 is 0 Å². The van der Waals surface area contributed by atoms with Crippen molar-refractivity contribution in [1.29, 1.82) is 0 Å². The molecule has 0 spiro atoms. The van der Waals surface area contributed by atoms with Gasteiger partial charge in [-0.3, -0.25) is 9.59 Å². The lowest BCUT2D eigenvalue weighted by Gasteiger charge is -2.13. The first-order chi connectivity index (χ1) is 10.4. The Hall–Kier alpha value is -1.53. The van der Waals surface area contributed by atoms with Gasteiger partial charge in [0.25, 0.3) is 0 Å². The summed E-state index contributed by atoms with van der Waals surface area (Å²) in [7, 11) is 1.62. The molecule has 0 aliphatic rings. The number of rotatable bonds is 6. The molecule has 4 nitrogen and oxygen atoms in total. The summed E-state index contributed by atoms with van der Waals surface area (Å²) in [6.45, 7) is 3.23. The Morgan fingerprint density at radius 1 is 1.23 bits per heavy atom. The highest BCUT2D eigenvalue weighted by molar-refractivity contribution is 7.98. The van der Waals surface area contributed by atoms with Gasteiger partial charge in [-0.05, 0) is 29.8 Å². The van der Waals surface area contributed by atoms with Gasteiger partial charge in [-0.25, -0.2) is 0 Å². The van der Waals surface area contributed by atoms with E-state index in [2.05, 4.69) is 0 Å². The summed E-state index contributed by atoms with van der Waals surface area (Å²) >= 11 is 2.96. The van der Waals surface area contributed by atoms with Crippen LogP contribution in [-0.2, 0) is 4.79 Å². The van der Waals surface area contributed by atoms with Crippen molar-refractivity contribution in [3.63, 3.8) is 0 Å². The number of thioether (sulfide) groups is 1. The number of fused-ring (bicyclic) bond motifs is 1. The van der Waals surface area contributed by atoms with Crippen LogP contribution in [0.5, 0.6) is 5.75 Å². The van der Waals surface area contributed by atoms with Crippen LogP contribution in [-0.4, -0.2) is 30.2 Å². The van der Waals surface area contributed by atoms with Crippen LogP contribution in [0, 0.1) is 11.8 Å². The average molecular weight is 338 g/mol. The molecule has 0 bridgehead atoms. The minimum absolute atomic E-state index is 0.124. The Balaban J connectivity index is 2.41. The lowest BCUT2D eigenvalue weighted by molar-refractivity contribution is -0.142. The van der Waals surface area contributed by atoms with Gasteiger partial charge < -0.3 is 9.84 Å². The highest BCUT2D eigenvalue weighted by Gasteiger charge is 2.27. The van der Waals surface area contributed by atoms with Crippen molar-refractivity contribution in [3.8, 4) is 5.75 Å². The van der Waals surface area contributed by atoms with Gasteiger partial charge in [-0.1, -0.05) is 13.8 Å². The minimum atomic E-state index is -0.951. The van der Waals surface area contributed by atoms with E-state index in [0.29, 0.717) is 4.88 Å². The maximum atomic E-state index is 12.5. The number of hydrogen-bond acceptors (Lipinski definition) is 5.